The van der Waals surface area contributed by atoms with Crippen LogP contribution < -0.4 is 10.5 Å². The van der Waals surface area contributed by atoms with Crippen LogP contribution in [0, 0.1) is 18.2 Å². The molecule has 1 unspecified atom stereocenters. The van der Waals surface area contributed by atoms with Gasteiger partial charge in [-0.2, -0.15) is 0 Å². The van der Waals surface area contributed by atoms with Gasteiger partial charge in [0.2, 0.25) is 21.8 Å². The lowest BCUT2D eigenvalue weighted by Gasteiger charge is -2.40. The first-order chi connectivity index (χ1) is 12.1. The van der Waals surface area contributed by atoms with Crippen molar-refractivity contribution in [3.63, 3.8) is 0 Å². The molecule has 0 bridgehead atoms. The number of amides is 2. The minimum absolute atomic E-state index is 0.0783. The van der Waals surface area contributed by atoms with E-state index in [1.165, 1.54) is 11.8 Å². The molecule has 0 radical (unpaired) electrons. The molecule has 144 valence electrons. The van der Waals surface area contributed by atoms with E-state index in [0.29, 0.717) is 25.8 Å². The molecule has 1 atom stereocenters. The largest absolute Gasteiger partial charge is 0.369 e. The lowest BCUT2D eigenvalue weighted by atomic mass is 9.77. The number of nitrogens with zero attached hydrogens (tertiary/aromatic N) is 1. The molecule has 0 spiro atoms. The number of hydrogen-bond donors (Lipinski definition) is 2. The molecule has 1 aromatic rings. The summed E-state index contributed by atoms with van der Waals surface area (Å²) in [6.07, 6.45) is 1.77. The maximum absolute atomic E-state index is 13.2. The van der Waals surface area contributed by atoms with Crippen molar-refractivity contribution < 1.29 is 22.4 Å². The molecule has 1 aliphatic heterocycles. The molecule has 0 aromatic heterocycles. The second-order valence-electron chi connectivity index (χ2n) is 6.65. The summed E-state index contributed by atoms with van der Waals surface area (Å²) in [4.78, 5) is 25.6. The third-order valence-electron chi connectivity index (χ3n) is 4.97. The zero-order valence-electron chi connectivity index (χ0n) is 14.9. The zero-order valence-corrected chi connectivity index (χ0v) is 15.7. The van der Waals surface area contributed by atoms with Crippen molar-refractivity contribution in [2.75, 3.05) is 19.6 Å². The van der Waals surface area contributed by atoms with Gasteiger partial charge in [-0.3, -0.25) is 9.59 Å². The molecule has 1 heterocycles. The van der Waals surface area contributed by atoms with E-state index in [4.69, 9.17) is 5.73 Å². The van der Waals surface area contributed by atoms with Crippen molar-refractivity contribution in [2.45, 2.75) is 38.0 Å². The van der Waals surface area contributed by atoms with Crippen LogP contribution in [0.1, 0.15) is 31.7 Å². The molecule has 0 saturated carbocycles. The molecule has 1 aliphatic rings. The van der Waals surface area contributed by atoms with Crippen LogP contribution in [0.2, 0.25) is 0 Å². The number of nitrogens with two attached hydrogens (primary N) is 1. The lowest BCUT2D eigenvalue weighted by Crippen LogP contribution is -2.53. The Bertz CT molecular complexity index is 812. The van der Waals surface area contributed by atoms with Crippen LogP contribution in [-0.4, -0.2) is 44.8 Å². The number of likely N-dealkylation sites (tertiary alicyclic amines) is 1. The average Bonchev–Trinajstić information content (AvgIpc) is 2.59. The van der Waals surface area contributed by atoms with Gasteiger partial charge < -0.3 is 10.6 Å². The summed E-state index contributed by atoms with van der Waals surface area (Å²) in [5.41, 5.74) is 4.99. The highest BCUT2D eigenvalue weighted by atomic mass is 32.2. The summed E-state index contributed by atoms with van der Waals surface area (Å²) in [6, 6.07) is 3.33. The second kappa shape index (κ2) is 7.71. The van der Waals surface area contributed by atoms with Crippen LogP contribution in [0.25, 0.3) is 0 Å². The van der Waals surface area contributed by atoms with Gasteiger partial charge in [-0.25, -0.2) is 17.5 Å². The SMILES string of the molecule is CCC1(C(N)=O)CCCN(C(=O)CNS(=O)(=O)c2ccc(F)cc2C)C1. The molecule has 1 saturated heterocycles. The summed E-state index contributed by atoms with van der Waals surface area (Å²) in [6.45, 7) is 3.53. The molecular weight excluding hydrogens is 361 g/mol. The van der Waals surface area contributed by atoms with Crippen LogP contribution in [-0.2, 0) is 19.6 Å². The number of benzene rings is 1. The standard InChI is InChI=1S/C17H24FN3O4S/c1-3-17(16(19)23)7-4-8-21(11-17)15(22)10-20-26(24,25)14-6-5-13(18)9-12(14)2/h5-6,9,20H,3-4,7-8,10-11H2,1-2H3,(H2,19,23). The second-order valence-corrected chi connectivity index (χ2v) is 8.39. The highest BCUT2D eigenvalue weighted by molar-refractivity contribution is 7.89. The van der Waals surface area contributed by atoms with Crippen LogP contribution >= 0.6 is 0 Å². The fourth-order valence-corrected chi connectivity index (χ4v) is 4.47. The fraction of sp³-hybridized carbons (Fsp3) is 0.529. The van der Waals surface area contributed by atoms with E-state index in [0.717, 1.165) is 18.2 Å². The van der Waals surface area contributed by atoms with Crippen molar-refractivity contribution in [3.05, 3.63) is 29.6 Å². The smallest absolute Gasteiger partial charge is 0.241 e. The predicted octanol–water partition coefficient (Wildman–Crippen LogP) is 0.917. The summed E-state index contributed by atoms with van der Waals surface area (Å²) >= 11 is 0. The number of piperidine rings is 1. The minimum atomic E-state index is -3.95. The molecule has 2 amide bonds. The number of sulfonamides is 1. The highest BCUT2D eigenvalue weighted by Gasteiger charge is 2.40. The monoisotopic (exact) mass is 385 g/mol. The van der Waals surface area contributed by atoms with Gasteiger partial charge in [-0.15, -0.1) is 0 Å². The van der Waals surface area contributed by atoms with Gasteiger partial charge in [-0.05, 0) is 49.9 Å². The fourth-order valence-electron chi connectivity index (χ4n) is 3.27. The Balaban J connectivity index is 2.07. The maximum atomic E-state index is 13.2. The zero-order chi connectivity index (χ0) is 19.5. The molecule has 1 fully saturated rings. The van der Waals surface area contributed by atoms with E-state index in [9.17, 15) is 22.4 Å². The van der Waals surface area contributed by atoms with Gasteiger partial charge in [0.25, 0.3) is 0 Å². The third kappa shape index (κ3) is 4.21. The Kier molecular flexibility index (Phi) is 6.02. The molecule has 9 heteroatoms. The number of carbonyl (C=O) groups excluding carboxylic acids is 2. The molecular formula is C17H24FN3O4S. The van der Waals surface area contributed by atoms with Gasteiger partial charge >= 0.3 is 0 Å². The molecule has 7 nitrogen and oxygen atoms in total. The van der Waals surface area contributed by atoms with Crippen molar-refractivity contribution in [3.8, 4) is 0 Å². The van der Waals surface area contributed by atoms with Crippen molar-refractivity contribution in [2.24, 2.45) is 11.1 Å². The molecule has 0 aliphatic carbocycles. The van der Waals surface area contributed by atoms with E-state index in [1.807, 2.05) is 6.92 Å². The maximum Gasteiger partial charge on any atom is 0.241 e. The summed E-state index contributed by atoms with van der Waals surface area (Å²) in [5.74, 6) is -1.40. The number of rotatable bonds is 6. The van der Waals surface area contributed by atoms with Gasteiger partial charge in [0.15, 0.2) is 0 Å². The number of halogens is 1. The quantitative estimate of drug-likeness (QED) is 0.759. The van der Waals surface area contributed by atoms with E-state index < -0.39 is 39.6 Å². The van der Waals surface area contributed by atoms with Crippen LogP contribution in [0.3, 0.4) is 0 Å². The van der Waals surface area contributed by atoms with Crippen LogP contribution in [0.5, 0.6) is 0 Å². The Hall–Kier alpha value is -2.00. The highest BCUT2D eigenvalue weighted by Crippen LogP contribution is 2.33. The van der Waals surface area contributed by atoms with Gasteiger partial charge in [-0.1, -0.05) is 6.92 Å². The van der Waals surface area contributed by atoms with Crippen LogP contribution in [0.4, 0.5) is 4.39 Å². The number of nitrogens with one attached hydrogen (secondary N) is 1. The Morgan fingerprint density at radius 1 is 1.38 bits per heavy atom. The average molecular weight is 385 g/mol. The van der Waals surface area contributed by atoms with E-state index in [1.54, 1.807) is 0 Å². The Morgan fingerprint density at radius 2 is 2.08 bits per heavy atom. The molecule has 2 rings (SSSR count). The van der Waals surface area contributed by atoms with Crippen molar-refractivity contribution >= 4 is 21.8 Å². The Morgan fingerprint density at radius 3 is 2.65 bits per heavy atom. The number of hydrogen-bond acceptors (Lipinski definition) is 4. The van der Waals surface area contributed by atoms with Crippen molar-refractivity contribution in [1.82, 2.24) is 9.62 Å². The topological polar surface area (TPSA) is 110 Å². The molecule has 3 N–H and O–H groups in total. The van der Waals surface area contributed by atoms with Crippen LogP contribution in [0.15, 0.2) is 23.1 Å². The lowest BCUT2D eigenvalue weighted by molar-refractivity contribution is -0.139. The van der Waals surface area contributed by atoms with Gasteiger partial charge in [0, 0.05) is 13.1 Å². The van der Waals surface area contributed by atoms with E-state index >= 15 is 0 Å². The first kappa shape index (κ1) is 20.3. The molecule has 1 aromatic carbocycles. The first-order valence-corrected chi connectivity index (χ1v) is 9.93. The van der Waals surface area contributed by atoms with E-state index in [2.05, 4.69) is 4.72 Å². The minimum Gasteiger partial charge on any atom is -0.369 e. The van der Waals surface area contributed by atoms with Gasteiger partial charge in [0.05, 0.1) is 16.9 Å². The summed E-state index contributed by atoms with van der Waals surface area (Å²) in [5, 5.41) is 0. The predicted molar refractivity (Wildman–Crippen MR) is 94.1 cm³/mol. The Labute approximate surface area is 152 Å². The summed E-state index contributed by atoms with van der Waals surface area (Å²) < 4.78 is 40.1. The normalized spacial score (nSPS) is 20.8. The molecule has 26 heavy (non-hydrogen) atoms. The van der Waals surface area contributed by atoms with Gasteiger partial charge in [0.1, 0.15) is 5.82 Å². The first-order valence-electron chi connectivity index (χ1n) is 8.45. The third-order valence-corrected chi connectivity index (χ3v) is 6.53. The number of aryl methyl sites for hydroxylation is 1. The summed E-state index contributed by atoms with van der Waals surface area (Å²) in [7, 11) is -3.95. The number of primary amides is 1. The van der Waals surface area contributed by atoms with Crippen molar-refractivity contribution in [1.29, 1.82) is 0 Å². The number of carbonyl (C=O) groups is 2. The van der Waals surface area contributed by atoms with E-state index in [-0.39, 0.29) is 17.0 Å².